The molecule has 0 atom stereocenters. The van der Waals surface area contributed by atoms with E-state index in [4.69, 9.17) is 4.74 Å². The molecule has 2 aromatic heterocycles. The molecule has 2 aliphatic heterocycles. The first-order chi connectivity index (χ1) is 13.7. The lowest BCUT2D eigenvalue weighted by Gasteiger charge is -2.38. The number of carbonyl (C=O) groups excluding carboxylic acids is 2. The Labute approximate surface area is 162 Å². The van der Waals surface area contributed by atoms with Crippen molar-refractivity contribution in [2.24, 2.45) is 5.92 Å². The predicted molar refractivity (Wildman–Crippen MR) is 102 cm³/mol. The summed E-state index contributed by atoms with van der Waals surface area (Å²) in [6, 6.07) is 0. The highest BCUT2D eigenvalue weighted by atomic mass is 16.6. The molecule has 10 nitrogen and oxygen atoms in total. The topological polar surface area (TPSA) is 108 Å². The summed E-state index contributed by atoms with van der Waals surface area (Å²) in [7, 11) is 0. The van der Waals surface area contributed by atoms with Crippen LogP contribution >= 0.6 is 0 Å². The van der Waals surface area contributed by atoms with E-state index in [1.165, 1.54) is 6.33 Å². The van der Waals surface area contributed by atoms with E-state index in [1.54, 1.807) is 18.2 Å². The standard InChI is InChI=1S/C18H25N7O3/c1-2-28-18(27)25-9-7-24(8-10-25)17(26)13-3-5-23(6-4-13)16-14-15(20-11-19-14)21-12-22-16/h11-13H,2-10H2,1H3,(H,19,20,21,22). The van der Waals surface area contributed by atoms with Gasteiger partial charge in [-0.05, 0) is 19.8 Å². The molecule has 0 unspecified atom stereocenters. The molecule has 0 radical (unpaired) electrons. The van der Waals surface area contributed by atoms with Crippen molar-refractivity contribution in [3.8, 4) is 0 Å². The van der Waals surface area contributed by atoms with Crippen LogP contribution in [0.5, 0.6) is 0 Å². The zero-order valence-corrected chi connectivity index (χ0v) is 16.0. The van der Waals surface area contributed by atoms with Crippen LogP contribution < -0.4 is 4.90 Å². The third-order valence-corrected chi connectivity index (χ3v) is 5.46. The van der Waals surface area contributed by atoms with Crippen LogP contribution in [0.3, 0.4) is 0 Å². The first-order valence-corrected chi connectivity index (χ1v) is 9.77. The Morgan fingerprint density at radius 2 is 1.79 bits per heavy atom. The Kier molecular flexibility index (Phi) is 5.27. The molecule has 0 saturated carbocycles. The lowest BCUT2D eigenvalue weighted by molar-refractivity contribution is -0.137. The van der Waals surface area contributed by atoms with Gasteiger partial charge in [0.2, 0.25) is 5.91 Å². The molecule has 2 aromatic rings. The van der Waals surface area contributed by atoms with E-state index in [2.05, 4.69) is 24.8 Å². The molecule has 1 N–H and O–H groups in total. The maximum atomic E-state index is 12.9. The van der Waals surface area contributed by atoms with E-state index in [0.717, 1.165) is 37.3 Å². The van der Waals surface area contributed by atoms with Crippen molar-refractivity contribution in [1.82, 2.24) is 29.7 Å². The van der Waals surface area contributed by atoms with E-state index in [-0.39, 0.29) is 17.9 Å². The zero-order valence-electron chi connectivity index (χ0n) is 16.0. The molecular formula is C18H25N7O3. The molecule has 28 heavy (non-hydrogen) atoms. The lowest BCUT2D eigenvalue weighted by atomic mass is 9.95. The minimum absolute atomic E-state index is 0.0180. The van der Waals surface area contributed by atoms with Crippen molar-refractivity contribution in [3.05, 3.63) is 12.7 Å². The summed E-state index contributed by atoms with van der Waals surface area (Å²) >= 11 is 0. The van der Waals surface area contributed by atoms with E-state index in [9.17, 15) is 9.59 Å². The number of H-pyrrole nitrogens is 1. The lowest BCUT2D eigenvalue weighted by Crippen LogP contribution is -2.53. The number of rotatable bonds is 3. The number of piperazine rings is 1. The molecule has 2 fully saturated rings. The molecule has 4 rings (SSSR count). The van der Waals surface area contributed by atoms with Crippen LogP contribution in [0.2, 0.25) is 0 Å². The predicted octanol–water partition coefficient (Wildman–Crippen LogP) is 0.870. The normalized spacial score (nSPS) is 18.5. The number of amides is 2. The molecule has 2 aliphatic rings. The van der Waals surface area contributed by atoms with Crippen LogP contribution in [-0.4, -0.2) is 87.6 Å². The Bertz CT molecular complexity index is 839. The molecule has 0 aliphatic carbocycles. The summed E-state index contributed by atoms with van der Waals surface area (Å²) < 4.78 is 5.03. The monoisotopic (exact) mass is 387 g/mol. The second kappa shape index (κ2) is 7.99. The fraction of sp³-hybridized carbons (Fsp3) is 0.611. The molecule has 0 spiro atoms. The molecule has 0 bridgehead atoms. The number of hydrogen-bond acceptors (Lipinski definition) is 7. The number of ether oxygens (including phenoxy) is 1. The van der Waals surface area contributed by atoms with Gasteiger partial charge in [-0.2, -0.15) is 0 Å². The fourth-order valence-electron chi connectivity index (χ4n) is 3.91. The number of hydrogen-bond donors (Lipinski definition) is 1. The van der Waals surface area contributed by atoms with Gasteiger partial charge in [0.1, 0.15) is 11.8 Å². The summed E-state index contributed by atoms with van der Waals surface area (Å²) in [5.41, 5.74) is 1.49. The number of fused-ring (bicyclic) bond motifs is 1. The number of aromatic nitrogens is 4. The van der Waals surface area contributed by atoms with Crippen molar-refractivity contribution < 1.29 is 14.3 Å². The summed E-state index contributed by atoms with van der Waals surface area (Å²) in [5.74, 6) is 1.05. The number of nitrogens with one attached hydrogen (secondary N) is 1. The van der Waals surface area contributed by atoms with Crippen molar-refractivity contribution in [3.63, 3.8) is 0 Å². The zero-order chi connectivity index (χ0) is 19.5. The van der Waals surface area contributed by atoms with Crippen LogP contribution in [0, 0.1) is 5.92 Å². The van der Waals surface area contributed by atoms with Crippen LogP contribution in [-0.2, 0) is 9.53 Å². The summed E-state index contributed by atoms with van der Waals surface area (Å²) in [6.45, 7) is 5.90. The van der Waals surface area contributed by atoms with Gasteiger partial charge in [0.05, 0.1) is 12.9 Å². The molecule has 150 valence electrons. The van der Waals surface area contributed by atoms with E-state index in [0.29, 0.717) is 38.4 Å². The average molecular weight is 387 g/mol. The maximum Gasteiger partial charge on any atom is 0.409 e. The number of aromatic amines is 1. The second-order valence-corrected chi connectivity index (χ2v) is 7.07. The maximum absolute atomic E-state index is 12.9. The van der Waals surface area contributed by atoms with Crippen molar-refractivity contribution in [1.29, 1.82) is 0 Å². The van der Waals surface area contributed by atoms with Crippen molar-refractivity contribution in [2.45, 2.75) is 19.8 Å². The van der Waals surface area contributed by atoms with Crippen molar-refractivity contribution >= 4 is 29.0 Å². The summed E-state index contributed by atoms with van der Waals surface area (Å²) in [5, 5.41) is 0. The van der Waals surface area contributed by atoms with Gasteiger partial charge < -0.3 is 24.4 Å². The highest BCUT2D eigenvalue weighted by Gasteiger charge is 2.32. The van der Waals surface area contributed by atoms with Crippen LogP contribution in [0.4, 0.5) is 10.6 Å². The van der Waals surface area contributed by atoms with E-state index < -0.39 is 0 Å². The van der Waals surface area contributed by atoms with E-state index >= 15 is 0 Å². The van der Waals surface area contributed by atoms with Crippen LogP contribution in [0.25, 0.3) is 11.2 Å². The number of anilines is 1. The largest absolute Gasteiger partial charge is 0.450 e. The third-order valence-electron chi connectivity index (χ3n) is 5.46. The second-order valence-electron chi connectivity index (χ2n) is 7.07. The van der Waals surface area contributed by atoms with Gasteiger partial charge in [0.15, 0.2) is 11.5 Å². The Hall–Kier alpha value is -2.91. The molecule has 2 saturated heterocycles. The van der Waals surface area contributed by atoms with E-state index in [1.807, 2.05) is 4.90 Å². The third kappa shape index (κ3) is 3.58. The molecule has 0 aromatic carbocycles. The Balaban J connectivity index is 1.31. The minimum Gasteiger partial charge on any atom is -0.450 e. The molecule has 10 heteroatoms. The highest BCUT2D eigenvalue weighted by Crippen LogP contribution is 2.27. The van der Waals surface area contributed by atoms with Gasteiger partial charge >= 0.3 is 6.09 Å². The minimum atomic E-state index is -0.294. The fourth-order valence-corrected chi connectivity index (χ4v) is 3.91. The van der Waals surface area contributed by atoms with Gasteiger partial charge in [0.25, 0.3) is 0 Å². The van der Waals surface area contributed by atoms with Gasteiger partial charge in [-0.1, -0.05) is 0 Å². The first kappa shape index (κ1) is 18.5. The molecular weight excluding hydrogens is 362 g/mol. The highest BCUT2D eigenvalue weighted by molar-refractivity contribution is 5.83. The number of nitrogens with zero attached hydrogens (tertiary/aromatic N) is 6. The molecule has 2 amide bonds. The number of carbonyl (C=O) groups is 2. The van der Waals surface area contributed by atoms with Crippen LogP contribution in [0.1, 0.15) is 19.8 Å². The average Bonchev–Trinajstić information content (AvgIpc) is 3.23. The number of imidazole rings is 1. The number of piperidine rings is 1. The van der Waals surface area contributed by atoms with Gasteiger partial charge in [-0.3, -0.25) is 4.79 Å². The summed E-state index contributed by atoms with van der Waals surface area (Å²) in [6.07, 6.45) is 4.43. The van der Waals surface area contributed by atoms with Gasteiger partial charge in [-0.25, -0.2) is 19.7 Å². The first-order valence-electron chi connectivity index (χ1n) is 9.77. The summed E-state index contributed by atoms with van der Waals surface area (Å²) in [4.78, 5) is 46.3. The molecule has 4 heterocycles. The Morgan fingerprint density at radius 3 is 2.50 bits per heavy atom. The van der Waals surface area contributed by atoms with Gasteiger partial charge in [0, 0.05) is 45.2 Å². The smallest absolute Gasteiger partial charge is 0.409 e. The SMILES string of the molecule is CCOC(=O)N1CCN(C(=O)C2CCN(c3ncnc4nc[nH]c34)CC2)CC1. The van der Waals surface area contributed by atoms with Crippen molar-refractivity contribution in [2.75, 3.05) is 50.8 Å². The Morgan fingerprint density at radius 1 is 1.07 bits per heavy atom. The van der Waals surface area contributed by atoms with Crippen LogP contribution in [0.15, 0.2) is 12.7 Å². The van der Waals surface area contributed by atoms with Gasteiger partial charge in [-0.15, -0.1) is 0 Å². The quantitative estimate of drug-likeness (QED) is 0.832.